The molecule has 0 saturated carbocycles. The van der Waals surface area contributed by atoms with Crippen LogP contribution < -0.4 is 4.90 Å². The van der Waals surface area contributed by atoms with Crippen molar-refractivity contribution >= 4 is 5.82 Å². The second-order valence-electron chi connectivity index (χ2n) is 4.05. The Balaban J connectivity index is 2.27. The predicted molar refractivity (Wildman–Crippen MR) is 56.7 cm³/mol. The number of aliphatic hydroxyl groups excluding tert-OH is 1. The zero-order valence-corrected chi connectivity index (χ0v) is 9.11. The SMILES string of the molecule is OC[C@@H]1CCCN1c1cccc(C(F)(F)F)n1. The first-order valence-corrected chi connectivity index (χ1v) is 5.44. The molecule has 94 valence electrons. The Morgan fingerprint density at radius 3 is 2.82 bits per heavy atom. The normalized spacial score (nSPS) is 20.9. The van der Waals surface area contributed by atoms with E-state index >= 15 is 0 Å². The molecule has 0 radical (unpaired) electrons. The van der Waals surface area contributed by atoms with Gasteiger partial charge in [0.25, 0.3) is 0 Å². The van der Waals surface area contributed by atoms with Crippen molar-refractivity contribution in [1.29, 1.82) is 0 Å². The van der Waals surface area contributed by atoms with Crippen LogP contribution in [0.4, 0.5) is 19.0 Å². The van der Waals surface area contributed by atoms with E-state index in [9.17, 15) is 13.2 Å². The fraction of sp³-hybridized carbons (Fsp3) is 0.545. The number of hydrogen-bond acceptors (Lipinski definition) is 3. The third-order valence-corrected chi connectivity index (χ3v) is 2.91. The van der Waals surface area contributed by atoms with Gasteiger partial charge in [0.15, 0.2) is 0 Å². The van der Waals surface area contributed by atoms with Gasteiger partial charge in [-0.1, -0.05) is 6.07 Å². The van der Waals surface area contributed by atoms with Crippen molar-refractivity contribution in [2.75, 3.05) is 18.1 Å². The first kappa shape index (κ1) is 12.2. The van der Waals surface area contributed by atoms with Crippen LogP contribution in [0.2, 0.25) is 0 Å². The molecule has 0 aromatic carbocycles. The average Bonchev–Trinajstić information content (AvgIpc) is 2.76. The minimum absolute atomic E-state index is 0.0576. The molecule has 0 aliphatic carbocycles. The van der Waals surface area contributed by atoms with Crippen molar-refractivity contribution in [3.63, 3.8) is 0 Å². The third kappa shape index (κ3) is 2.52. The quantitative estimate of drug-likeness (QED) is 0.867. The number of aromatic nitrogens is 1. The van der Waals surface area contributed by atoms with Crippen LogP contribution in [-0.2, 0) is 6.18 Å². The predicted octanol–water partition coefficient (Wildman–Crippen LogP) is 2.06. The van der Waals surface area contributed by atoms with Crippen LogP contribution in [0.3, 0.4) is 0 Å². The highest BCUT2D eigenvalue weighted by molar-refractivity contribution is 5.42. The number of halogens is 3. The van der Waals surface area contributed by atoms with Crippen molar-refractivity contribution in [3.05, 3.63) is 23.9 Å². The van der Waals surface area contributed by atoms with Gasteiger partial charge in [0.1, 0.15) is 11.5 Å². The van der Waals surface area contributed by atoms with Gasteiger partial charge in [-0.15, -0.1) is 0 Å². The van der Waals surface area contributed by atoms with Gasteiger partial charge >= 0.3 is 6.18 Å². The van der Waals surface area contributed by atoms with Crippen molar-refractivity contribution in [2.45, 2.75) is 25.1 Å². The maximum atomic E-state index is 12.5. The number of pyridine rings is 1. The Morgan fingerprint density at radius 2 is 2.18 bits per heavy atom. The van der Waals surface area contributed by atoms with Gasteiger partial charge in [0.05, 0.1) is 12.6 Å². The first-order valence-electron chi connectivity index (χ1n) is 5.44. The van der Waals surface area contributed by atoms with Gasteiger partial charge in [-0.25, -0.2) is 4.98 Å². The molecule has 1 aromatic heterocycles. The number of alkyl halides is 3. The van der Waals surface area contributed by atoms with E-state index in [4.69, 9.17) is 5.11 Å². The second-order valence-corrected chi connectivity index (χ2v) is 4.05. The molecule has 3 nitrogen and oxygen atoms in total. The summed E-state index contributed by atoms with van der Waals surface area (Å²) in [4.78, 5) is 5.35. The van der Waals surface area contributed by atoms with Crippen LogP contribution >= 0.6 is 0 Å². The van der Waals surface area contributed by atoms with E-state index in [1.54, 1.807) is 11.0 Å². The number of hydrogen-bond donors (Lipinski definition) is 1. The Hall–Kier alpha value is -1.30. The van der Waals surface area contributed by atoms with Gasteiger partial charge in [-0.2, -0.15) is 13.2 Å². The maximum Gasteiger partial charge on any atom is 0.433 e. The van der Waals surface area contributed by atoms with Crippen LogP contribution in [0.5, 0.6) is 0 Å². The average molecular weight is 246 g/mol. The summed E-state index contributed by atoms with van der Waals surface area (Å²) in [7, 11) is 0. The number of anilines is 1. The summed E-state index contributed by atoms with van der Waals surface area (Å²) >= 11 is 0. The van der Waals surface area contributed by atoms with Crippen molar-refractivity contribution in [1.82, 2.24) is 4.98 Å². The summed E-state index contributed by atoms with van der Waals surface area (Å²) in [5, 5.41) is 9.14. The molecular formula is C11H13F3N2O. The molecule has 0 bridgehead atoms. The zero-order valence-electron chi connectivity index (χ0n) is 9.11. The smallest absolute Gasteiger partial charge is 0.394 e. The summed E-state index contributed by atoms with van der Waals surface area (Å²) < 4.78 is 37.5. The van der Waals surface area contributed by atoms with Crippen LogP contribution in [0.1, 0.15) is 18.5 Å². The van der Waals surface area contributed by atoms with Gasteiger partial charge in [-0.3, -0.25) is 0 Å². The zero-order chi connectivity index (χ0) is 12.5. The molecule has 17 heavy (non-hydrogen) atoms. The highest BCUT2D eigenvalue weighted by Crippen LogP contribution is 2.30. The number of aliphatic hydroxyl groups is 1. The van der Waals surface area contributed by atoms with Gasteiger partial charge < -0.3 is 10.0 Å². The molecular weight excluding hydrogens is 233 g/mol. The van der Waals surface area contributed by atoms with Crippen LogP contribution in [0, 0.1) is 0 Å². The molecule has 1 N–H and O–H groups in total. The Bertz CT molecular complexity index is 395. The lowest BCUT2D eigenvalue weighted by molar-refractivity contribution is -0.141. The molecule has 1 atom stereocenters. The fourth-order valence-corrected chi connectivity index (χ4v) is 2.07. The second kappa shape index (κ2) is 4.52. The Labute approximate surface area is 96.9 Å². The molecule has 1 fully saturated rings. The largest absolute Gasteiger partial charge is 0.433 e. The maximum absolute atomic E-state index is 12.5. The molecule has 1 aromatic rings. The monoisotopic (exact) mass is 246 g/mol. The summed E-state index contributed by atoms with van der Waals surface area (Å²) in [6.45, 7) is 0.581. The van der Waals surface area contributed by atoms with Gasteiger partial charge in [-0.05, 0) is 25.0 Å². The molecule has 1 aliphatic heterocycles. The Morgan fingerprint density at radius 1 is 1.41 bits per heavy atom. The molecule has 0 amide bonds. The number of nitrogens with zero attached hydrogens (tertiary/aromatic N) is 2. The summed E-state index contributed by atoms with van der Waals surface area (Å²) in [5.41, 5.74) is -0.890. The van der Waals surface area contributed by atoms with Crippen LogP contribution in [-0.4, -0.2) is 29.3 Å². The van der Waals surface area contributed by atoms with Crippen molar-refractivity contribution in [3.8, 4) is 0 Å². The van der Waals surface area contributed by atoms with Gasteiger partial charge in [0.2, 0.25) is 0 Å². The standard InChI is InChI=1S/C11H13F3N2O/c12-11(13,14)9-4-1-5-10(15-9)16-6-2-3-8(16)7-17/h1,4-5,8,17H,2-3,6-7H2/t8-/m0/s1. The summed E-state index contributed by atoms with van der Waals surface area (Å²) in [6, 6.07) is 3.72. The highest BCUT2D eigenvalue weighted by atomic mass is 19.4. The molecule has 0 spiro atoms. The molecule has 6 heteroatoms. The summed E-state index contributed by atoms with van der Waals surface area (Å²) in [6.07, 6.45) is -2.78. The van der Waals surface area contributed by atoms with Crippen molar-refractivity contribution < 1.29 is 18.3 Å². The van der Waals surface area contributed by atoms with E-state index in [0.717, 1.165) is 18.9 Å². The minimum Gasteiger partial charge on any atom is -0.394 e. The molecule has 2 heterocycles. The Kier molecular flexibility index (Phi) is 3.24. The lowest BCUT2D eigenvalue weighted by atomic mass is 10.2. The molecule has 1 saturated heterocycles. The van der Waals surface area contributed by atoms with E-state index in [1.165, 1.54) is 6.07 Å². The van der Waals surface area contributed by atoms with E-state index in [1.807, 2.05) is 0 Å². The number of rotatable bonds is 2. The molecule has 1 aliphatic rings. The van der Waals surface area contributed by atoms with E-state index in [-0.39, 0.29) is 18.5 Å². The third-order valence-electron chi connectivity index (χ3n) is 2.91. The lowest BCUT2D eigenvalue weighted by Crippen LogP contribution is -2.33. The molecule has 0 unspecified atom stereocenters. The first-order chi connectivity index (χ1) is 8.02. The topological polar surface area (TPSA) is 36.4 Å². The lowest BCUT2D eigenvalue weighted by Gasteiger charge is -2.24. The highest BCUT2D eigenvalue weighted by Gasteiger charge is 2.33. The van der Waals surface area contributed by atoms with E-state index in [0.29, 0.717) is 6.54 Å². The van der Waals surface area contributed by atoms with E-state index in [2.05, 4.69) is 4.98 Å². The van der Waals surface area contributed by atoms with Gasteiger partial charge in [0, 0.05) is 6.54 Å². The fourth-order valence-electron chi connectivity index (χ4n) is 2.07. The van der Waals surface area contributed by atoms with Crippen molar-refractivity contribution in [2.24, 2.45) is 0 Å². The minimum atomic E-state index is -4.43. The summed E-state index contributed by atoms with van der Waals surface area (Å²) in [5.74, 6) is 0.288. The van der Waals surface area contributed by atoms with Crippen LogP contribution in [0.25, 0.3) is 0 Å². The van der Waals surface area contributed by atoms with Crippen LogP contribution in [0.15, 0.2) is 18.2 Å². The molecule has 2 rings (SSSR count). The van der Waals surface area contributed by atoms with E-state index < -0.39 is 11.9 Å².